The highest BCUT2D eigenvalue weighted by Gasteiger charge is 2.50. The van der Waals surface area contributed by atoms with Crippen molar-refractivity contribution in [2.45, 2.75) is 30.9 Å². The highest BCUT2D eigenvalue weighted by molar-refractivity contribution is 5.44. The van der Waals surface area contributed by atoms with Crippen LogP contribution in [0.4, 0.5) is 0 Å². The number of hydrogen-bond acceptors (Lipinski definition) is 2. The van der Waals surface area contributed by atoms with E-state index in [-0.39, 0.29) is 0 Å². The zero-order chi connectivity index (χ0) is 13.1. The smallest absolute Gasteiger partial charge is 0.0921 e. The predicted octanol–water partition coefficient (Wildman–Crippen LogP) is 3.24. The van der Waals surface area contributed by atoms with Crippen LogP contribution in [0.1, 0.15) is 34.2 Å². The number of fused-ring (bicyclic) bond motifs is 7. The van der Waals surface area contributed by atoms with Crippen molar-refractivity contribution in [3.8, 4) is 0 Å². The molecule has 20 heavy (non-hydrogen) atoms. The Bertz CT molecular complexity index is 681. The maximum absolute atomic E-state index is 6.26. The maximum atomic E-state index is 6.26. The van der Waals surface area contributed by atoms with Crippen molar-refractivity contribution in [3.05, 3.63) is 70.8 Å². The molecule has 0 radical (unpaired) electrons. The summed E-state index contributed by atoms with van der Waals surface area (Å²) in [5.41, 5.74) is 5.96. The molecule has 0 saturated carbocycles. The van der Waals surface area contributed by atoms with E-state index < -0.39 is 0 Å². The molecule has 2 heterocycles. The van der Waals surface area contributed by atoms with Gasteiger partial charge in [-0.3, -0.25) is 4.84 Å². The molecule has 1 saturated heterocycles. The molecule has 2 heteroatoms. The van der Waals surface area contributed by atoms with Crippen LogP contribution in [-0.2, 0) is 17.7 Å². The van der Waals surface area contributed by atoms with Crippen molar-refractivity contribution in [1.82, 2.24) is 5.06 Å². The molecule has 0 N–H and O–H groups in total. The molecule has 0 amide bonds. The van der Waals surface area contributed by atoms with E-state index in [2.05, 4.69) is 53.6 Å². The van der Waals surface area contributed by atoms with Crippen LogP contribution in [0.5, 0.6) is 0 Å². The third-order valence-electron chi connectivity index (χ3n) is 5.13. The van der Waals surface area contributed by atoms with Gasteiger partial charge in [0.05, 0.1) is 12.1 Å². The number of hydrogen-bond donors (Lipinski definition) is 0. The minimum absolute atomic E-state index is 0.337. The quantitative estimate of drug-likeness (QED) is 0.723. The Morgan fingerprint density at radius 2 is 1.65 bits per heavy atom. The largest absolute Gasteiger partial charge is 0.294 e. The summed E-state index contributed by atoms with van der Waals surface area (Å²) in [4.78, 5) is 6.26. The lowest BCUT2D eigenvalue weighted by molar-refractivity contribution is -0.165. The van der Waals surface area contributed by atoms with Crippen LogP contribution in [0.2, 0.25) is 0 Å². The second-order valence-electron chi connectivity index (χ2n) is 6.11. The molecule has 5 rings (SSSR count). The van der Waals surface area contributed by atoms with Crippen molar-refractivity contribution >= 4 is 0 Å². The van der Waals surface area contributed by atoms with E-state index in [1.807, 2.05) is 0 Å². The summed E-state index contributed by atoms with van der Waals surface area (Å²) >= 11 is 0. The summed E-state index contributed by atoms with van der Waals surface area (Å²) in [6, 6.07) is 18.2. The average Bonchev–Trinajstić information content (AvgIpc) is 3.02. The van der Waals surface area contributed by atoms with Crippen molar-refractivity contribution in [2.75, 3.05) is 6.54 Å². The summed E-state index contributed by atoms with van der Waals surface area (Å²) in [6.45, 7) is 1.02. The fourth-order valence-corrected chi connectivity index (χ4v) is 4.31. The highest BCUT2D eigenvalue weighted by atomic mass is 16.7. The van der Waals surface area contributed by atoms with Gasteiger partial charge in [0, 0.05) is 18.9 Å². The van der Waals surface area contributed by atoms with Crippen LogP contribution < -0.4 is 0 Å². The Morgan fingerprint density at radius 3 is 2.55 bits per heavy atom. The molecular formula is C18H17NO. The lowest BCUT2D eigenvalue weighted by atomic mass is 9.83. The Morgan fingerprint density at radius 1 is 0.900 bits per heavy atom. The molecule has 2 aromatic rings. The van der Waals surface area contributed by atoms with E-state index in [1.165, 1.54) is 22.3 Å². The second-order valence-corrected chi connectivity index (χ2v) is 6.11. The number of rotatable bonds is 0. The van der Waals surface area contributed by atoms with Crippen molar-refractivity contribution < 1.29 is 4.84 Å². The summed E-state index contributed by atoms with van der Waals surface area (Å²) < 4.78 is 0. The third-order valence-corrected chi connectivity index (χ3v) is 5.13. The summed E-state index contributed by atoms with van der Waals surface area (Å²) in [6.07, 6.45) is 2.51. The minimum Gasteiger partial charge on any atom is -0.294 e. The van der Waals surface area contributed by atoms with E-state index in [9.17, 15) is 0 Å². The molecule has 2 nitrogen and oxygen atoms in total. The van der Waals surface area contributed by atoms with Crippen LogP contribution in [-0.4, -0.2) is 17.7 Å². The lowest BCUT2D eigenvalue weighted by Crippen LogP contribution is -2.31. The summed E-state index contributed by atoms with van der Waals surface area (Å²) in [5, 5.41) is 2.24. The molecule has 0 spiro atoms. The molecule has 3 atom stereocenters. The first kappa shape index (κ1) is 11.1. The van der Waals surface area contributed by atoms with Crippen LogP contribution in [0, 0.1) is 0 Å². The molecule has 1 fully saturated rings. The fraction of sp³-hybridized carbons (Fsp3) is 0.333. The van der Waals surface area contributed by atoms with E-state index in [0.717, 1.165) is 19.4 Å². The molecule has 3 aliphatic rings. The van der Waals surface area contributed by atoms with Gasteiger partial charge in [0.2, 0.25) is 0 Å². The molecule has 0 unspecified atom stereocenters. The zero-order valence-corrected chi connectivity index (χ0v) is 11.3. The number of nitrogens with zero attached hydrogens (tertiary/aromatic N) is 1. The Balaban J connectivity index is 1.67. The Hall–Kier alpha value is -1.64. The van der Waals surface area contributed by atoms with Crippen LogP contribution in [0.15, 0.2) is 48.5 Å². The molecular weight excluding hydrogens is 246 g/mol. The molecule has 0 aromatic heterocycles. The monoisotopic (exact) mass is 263 g/mol. The third kappa shape index (κ3) is 1.36. The molecule has 100 valence electrons. The van der Waals surface area contributed by atoms with Gasteiger partial charge in [-0.05, 0) is 28.7 Å². The number of benzene rings is 2. The molecule has 1 aliphatic carbocycles. The van der Waals surface area contributed by atoms with Gasteiger partial charge >= 0.3 is 0 Å². The van der Waals surface area contributed by atoms with Gasteiger partial charge in [-0.15, -0.1) is 0 Å². The molecule has 2 aromatic carbocycles. The topological polar surface area (TPSA) is 12.5 Å². The molecule has 2 aliphatic heterocycles. The van der Waals surface area contributed by atoms with Crippen LogP contribution >= 0.6 is 0 Å². The fourth-order valence-electron chi connectivity index (χ4n) is 4.31. The van der Waals surface area contributed by atoms with E-state index in [1.54, 1.807) is 0 Å². The van der Waals surface area contributed by atoms with Gasteiger partial charge in [0.25, 0.3) is 0 Å². The van der Waals surface area contributed by atoms with Gasteiger partial charge in [0.15, 0.2) is 0 Å². The highest BCUT2D eigenvalue weighted by Crippen LogP contribution is 2.53. The average molecular weight is 263 g/mol. The predicted molar refractivity (Wildman–Crippen MR) is 77.4 cm³/mol. The van der Waals surface area contributed by atoms with Gasteiger partial charge in [-0.2, -0.15) is 5.06 Å². The first-order chi connectivity index (χ1) is 9.92. The standard InChI is InChI=1S/C18H17NO/c1-4-8-15-12(5-1)9-10-19-18(15)17-14-7-3-2-6-13(14)11-16(17)20-19/h1-8,16-18H,9-11H2/t16-,17+,18-/m0/s1. The van der Waals surface area contributed by atoms with Gasteiger partial charge in [0.1, 0.15) is 0 Å². The SMILES string of the molecule is c1ccc2c(c1)C[C@@H]1ON3CCc4ccccc4[C@H]3[C@H]21. The van der Waals surface area contributed by atoms with Gasteiger partial charge < -0.3 is 0 Å². The van der Waals surface area contributed by atoms with Crippen molar-refractivity contribution in [2.24, 2.45) is 0 Å². The normalized spacial score (nSPS) is 30.5. The van der Waals surface area contributed by atoms with E-state index >= 15 is 0 Å². The Kier molecular flexibility index (Phi) is 2.18. The first-order valence-electron chi connectivity index (χ1n) is 7.51. The summed E-state index contributed by atoms with van der Waals surface area (Å²) in [5.74, 6) is 0.507. The Labute approximate surface area is 118 Å². The lowest BCUT2D eigenvalue weighted by Gasteiger charge is -2.32. The van der Waals surface area contributed by atoms with Crippen LogP contribution in [0.3, 0.4) is 0 Å². The van der Waals surface area contributed by atoms with Gasteiger partial charge in [-0.25, -0.2) is 0 Å². The minimum atomic E-state index is 0.337. The van der Waals surface area contributed by atoms with Crippen molar-refractivity contribution in [1.29, 1.82) is 0 Å². The van der Waals surface area contributed by atoms with Crippen molar-refractivity contribution in [3.63, 3.8) is 0 Å². The van der Waals surface area contributed by atoms with E-state index in [4.69, 9.17) is 4.84 Å². The second kappa shape index (κ2) is 3.94. The number of hydroxylamine groups is 2. The van der Waals surface area contributed by atoms with Gasteiger partial charge in [-0.1, -0.05) is 48.5 Å². The molecule has 0 bridgehead atoms. The zero-order valence-electron chi connectivity index (χ0n) is 11.3. The maximum Gasteiger partial charge on any atom is 0.0921 e. The van der Waals surface area contributed by atoms with E-state index in [0.29, 0.717) is 18.1 Å². The van der Waals surface area contributed by atoms with Crippen LogP contribution in [0.25, 0.3) is 0 Å². The first-order valence-corrected chi connectivity index (χ1v) is 7.51. The summed E-state index contributed by atoms with van der Waals surface area (Å²) in [7, 11) is 0.